The first-order chi connectivity index (χ1) is 10.6. The summed E-state index contributed by atoms with van der Waals surface area (Å²) >= 11 is 7.66. The molecule has 1 aromatic carbocycles. The molecule has 3 rings (SSSR count). The Morgan fingerprint density at radius 3 is 2.95 bits per heavy atom. The Bertz CT molecular complexity index is 811. The third kappa shape index (κ3) is 3.35. The van der Waals surface area contributed by atoms with Crippen molar-refractivity contribution in [2.75, 3.05) is 5.32 Å². The van der Waals surface area contributed by atoms with E-state index in [2.05, 4.69) is 15.4 Å². The van der Waals surface area contributed by atoms with Gasteiger partial charge < -0.3 is 5.32 Å². The van der Waals surface area contributed by atoms with E-state index < -0.39 is 0 Å². The maximum Gasteiger partial charge on any atom is 0.230 e. The highest BCUT2D eigenvalue weighted by atomic mass is 35.5. The van der Waals surface area contributed by atoms with Gasteiger partial charge in [-0.1, -0.05) is 23.7 Å². The van der Waals surface area contributed by atoms with Crippen molar-refractivity contribution in [1.82, 2.24) is 14.8 Å². The third-order valence-corrected chi connectivity index (χ3v) is 4.12. The van der Waals surface area contributed by atoms with Crippen LogP contribution in [0.25, 0.3) is 5.69 Å². The summed E-state index contributed by atoms with van der Waals surface area (Å²) in [5, 5.41) is 10.5. The maximum atomic E-state index is 12.0. The normalized spacial score (nSPS) is 10.6. The smallest absolute Gasteiger partial charge is 0.230 e. The summed E-state index contributed by atoms with van der Waals surface area (Å²) in [6.45, 7) is 1.92. The van der Waals surface area contributed by atoms with Crippen molar-refractivity contribution >= 4 is 34.5 Å². The predicted molar refractivity (Wildman–Crippen MR) is 87.8 cm³/mol. The Kier molecular flexibility index (Phi) is 4.22. The molecule has 3 aromatic rings. The van der Waals surface area contributed by atoms with Crippen LogP contribution in [0.5, 0.6) is 0 Å². The molecule has 2 heterocycles. The molecular weight excluding hydrogens is 320 g/mol. The van der Waals surface area contributed by atoms with Gasteiger partial charge in [0.05, 0.1) is 45.9 Å². The summed E-state index contributed by atoms with van der Waals surface area (Å²) in [6.07, 6.45) is 3.57. The van der Waals surface area contributed by atoms with E-state index in [1.165, 1.54) is 11.3 Å². The molecular formula is C15H13ClN4OS. The molecule has 1 N–H and O–H groups in total. The van der Waals surface area contributed by atoms with Crippen LogP contribution >= 0.6 is 22.9 Å². The molecule has 0 bridgehead atoms. The number of aromatic nitrogens is 3. The zero-order valence-electron chi connectivity index (χ0n) is 11.8. The molecule has 0 saturated heterocycles. The molecule has 0 atom stereocenters. The molecule has 22 heavy (non-hydrogen) atoms. The van der Waals surface area contributed by atoms with Gasteiger partial charge in [0.25, 0.3) is 0 Å². The van der Waals surface area contributed by atoms with Crippen LogP contribution in [0.3, 0.4) is 0 Å². The fourth-order valence-electron chi connectivity index (χ4n) is 2.02. The summed E-state index contributed by atoms with van der Waals surface area (Å²) in [7, 11) is 0. The van der Waals surface area contributed by atoms with Crippen LogP contribution in [0.4, 0.5) is 5.69 Å². The van der Waals surface area contributed by atoms with Crippen LogP contribution in [-0.4, -0.2) is 20.7 Å². The quantitative estimate of drug-likeness (QED) is 0.795. The third-order valence-electron chi connectivity index (χ3n) is 2.97. The number of carbonyl (C=O) groups is 1. The van der Waals surface area contributed by atoms with Crippen molar-refractivity contribution in [2.45, 2.75) is 13.3 Å². The first kappa shape index (κ1) is 14.7. The Morgan fingerprint density at radius 2 is 2.23 bits per heavy atom. The number of benzene rings is 1. The fourth-order valence-corrected chi connectivity index (χ4v) is 2.85. The van der Waals surface area contributed by atoms with Crippen molar-refractivity contribution in [1.29, 1.82) is 0 Å². The van der Waals surface area contributed by atoms with E-state index >= 15 is 0 Å². The number of anilines is 1. The number of nitrogens with one attached hydrogen (secondary N) is 1. The standard InChI is InChI=1S/C15H13ClN4OS/c1-10-18-11(9-22-10)6-15(21)19-12-7-17-20(8-12)14-5-3-2-4-13(14)16/h2-5,7-9H,6H2,1H3,(H,19,21). The molecule has 0 aliphatic carbocycles. The topological polar surface area (TPSA) is 59.8 Å². The van der Waals surface area contributed by atoms with E-state index in [0.717, 1.165) is 16.4 Å². The lowest BCUT2D eigenvalue weighted by Gasteiger charge is -2.03. The van der Waals surface area contributed by atoms with Gasteiger partial charge in [0, 0.05) is 5.38 Å². The predicted octanol–water partition coefficient (Wildman–Crippen LogP) is 3.47. The SMILES string of the molecule is Cc1nc(CC(=O)Nc2cnn(-c3ccccc3Cl)c2)cs1. The van der Waals surface area contributed by atoms with E-state index in [4.69, 9.17) is 11.6 Å². The van der Waals surface area contributed by atoms with E-state index in [0.29, 0.717) is 10.7 Å². The number of para-hydroxylation sites is 1. The zero-order valence-corrected chi connectivity index (χ0v) is 13.4. The van der Waals surface area contributed by atoms with Crippen LogP contribution in [0, 0.1) is 6.92 Å². The minimum absolute atomic E-state index is 0.121. The van der Waals surface area contributed by atoms with Gasteiger partial charge in [0.15, 0.2) is 0 Å². The second-order valence-electron chi connectivity index (χ2n) is 4.71. The molecule has 0 saturated carbocycles. The number of carbonyl (C=O) groups excluding carboxylic acids is 1. The molecule has 0 aliphatic heterocycles. The average molecular weight is 333 g/mol. The number of hydrogen-bond donors (Lipinski definition) is 1. The number of aryl methyl sites for hydroxylation is 1. The Hall–Kier alpha value is -2.18. The van der Waals surface area contributed by atoms with Gasteiger partial charge in [-0.3, -0.25) is 4.79 Å². The number of rotatable bonds is 4. The maximum absolute atomic E-state index is 12.0. The van der Waals surface area contributed by atoms with Gasteiger partial charge in [-0.05, 0) is 19.1 Å². The van der Waals surface area contributed by atoms with Crippen molar-refractivity contribution in [2.24, 2.45) is 0 Å². The molecule has 112 valence electrons. The van der Waals surface area contributed by atoms with Crippen molar-refractivity contribution < 1.29 is 4.79 Å². The van der Waals surface area contributed by atoms with Crippen LogP contribution in [0.2, 0.25) is 5.02 Å². The van der Waals surface area contributed by atoms with Gasteiger partial charge in [0.1, 0.15) is 0 Å². The molecule has 0 spiro atoms. The van der Waals surface area contributed by atoms with Crippen LogP contribution in [0.1, 0.15) is 10.7 Å². The number of hydrogen-bond acceptors (Lipinski definition) is 4. The summed E-state index contributed by atoms with van der Waals surface area (Å²) in [5.74, 6) is -0.121. The Labute approximate surface area is 136 Å². The molecule has 5 nitrogen and oxygen atoms in total. The Morgan fingerprint density at radius 1 is 1.41 bits per heavy atom. The van der Waals surface area contributed by atoms with E-state index in [-0.39, 0.29) is 12.3 Å². The van der Waals surface area contributed by atoms with Gasteiger partial charge in [-0.15, -0.1) is 11.3 Å². The first-order valence-corrected chi connectivity index (χ1v) is 7.88. The summed E-state index contributed by atoms with van der Waals surface area (Å²) in [4.78, 5) is 16.3. The van der Waals surface area contributed by atoms with E-state index in [1.54, 1.807) is 23.1 Å². The van der Waals surface area contributed by atoms with Crippen LogP contribution < -0.4 is 5.32 Å². The number of halogens is 1. The lowest BCUT2D eigenvalue weighted by Crippen LogP contribution is -2.14. The van der Waals surface area contributed by atoms with E-state index in [9.17, 15) is 4.79 Å². The van der Waals surface area contributed by atoms with Crippen molar-refractivity contribution in [3.05, 3.63) is 57.8 Å². The second-order valence-corrected chi connectivity index (χ2v) is 6.18. The van der Waals surface area contributed by atoms with Gasteiger partial charge in [-0.25, -0.2) is 9.67 Å². The number of amides is 1. The highest BCUT2D eigenvalue weighted by molar-refractivity contribution is 7.09. The monoisotopic (exact) mass is 332 g/mol. The number of thiazole rings is 1. The highest BCUT2D eigenvalue weighted by Gasteiger charge is 2.09. The van der Waals surface area contributed by atoms with Crippen molar-refractivity contribution in [3.63, 3.8) is 0 Å². The van der Waals surface area contributed by atoms with E-state index in [1.807, 2.05) is 30.5 Å². The largest absolute Gasteiger partial charge is 0.323 e. The molecule has 0 unspecified atom stereocenters. The first-order valence-electron chi connectivity index (χ1n) is 6.62. The van der Waals surface area contributed by atoms with Crippen molar-refractivity contribution in [3.8, 4) is 5.69 Å². The molecule has 1 amide bonds. The molecule has 7 heteroatoms. The fraction of sp³-hybridized carbons (Fsp3) is 0.133. The second kappa shape index (κ2) is 6.29. The zero-order chi connectivity index (χ0) is 15.5. The van der Waals surface area contributed by atoms with Crippen LogP contribution in [-0.2, 0) is 11.2 Å². The molecule has 0 fully saturated rings. The Balaban J connectivity index is 1.69. The minimum Gasteiger partial charge on any atom is -0.323 e. The number of nitrogens with zero attached hydrogens (tertiary/aromatic N) is 3. The van der Waals surface area contributed by atoms with Gasteiger partial charge >= 0.3 is 0 Å². The summed E-state index contributed by atoms with van der Waals surface area (Å²) in [6, 6.07) is 7.39. The van der Waals surface area contributed by atoms with Crippen LogP contribution in [0.15, 0.2) is 42.0 Å². The molecule has 0 aliphatic rings. The average Bonchev–Trinajstić information content (AvgIpc) is 3.09. The summed E-state index contributed by atoms with van der Waals surface area (Å²) < 4.78 is 1.63. The molecule has 0 radical (unpaired) electrons. The van der Waals surface area contributed by atoms with Gasteiger partial charge in [0.2, 0.25) is 5.91 Å². The molecule has 2 aromatic heterocycles. The minimum atomic E-state index is -0.121. The lowest BCUT2D eigenvalue weighted by atomic mass is 10.3. The summed E-state index contributed by atoms with van der Waals surface area (Å²) in [5.41, 5.74) is 2.16. The lowest BCUT2D eigenvalue weighted by molar-refractivity contribution is -0.115. The highest BCUT2D eigenvalue weighted by Crippen LogP contribution is 2.20. The van der Waals surface area contributed by atoms with Gasteiger partial charge in [-0.2, -0.15) is 5.10 Å².